The number of nitrogens with one attached hydrogen (secondary N) is 1. The fourth-order valence-electron chi connectivity index (χ4n) is 2.80. The molecule has 3 rings (SSSR count). The third-order valence-electron chi connectivity index (χ3n) is 4.02. The SMILES string of the molecule is C[C@H]1CCc2nc(NC(=O)[C@H]3CCS(=O)(=O)C3)sc2C1. The van der Waals surface area contributed by atoms with Gasteiger partial charge in [0.2, 0.25) is 5.91 Å². The zero-order valence-corrected chi connectivity index (χ0v) is 13.0. The number of nitrogens with zero attached hydrogens (tertiary/aromatic N) is 1. The average Bonchev–Trinajstić information content (AvgIpc) is 2.91. The number of aromatic nitrogens is 1. The second-order valence-corrected chi connectivity index (χ2v) is 9.14. The summed E-state index contributed by atoms with van der Waals surface area (Å²) in [4.78, 5) is 17.8. The van der Waals surface area contributed by atoms with Crippen molar-refractivity contribution in [1.82, 2.24) is 4.98 Å². The number of rotatable bonds is 2. The molecular formula is C13H18N2O3S2. The monoisotopic (exact) mass is 314 g/mol. The van der Waals surface area contributed by atoms with Crippen LogP contribution in [0.15, 0.2) is 0 Å². The zero-order valence-electron chi connectivity index (χ0n) is 11.4. The van der Waals surface area contributed by atoms with Crippen molar-refractivity contribution in [1.29, 1.82) is 0 Å². The molecule has 0 unspecified atom stereocenters. The van der Waals surface area contributed by atoms with E-state index >= 15 is 0 Å². The van der Waals surface area contributed by atoms with Crippen molar-refractivity contribution in [3.8, 4) is 0 Å². The smallest absolute Gasteiger partial charge is 0.230 e. The Morgan fingerprint density at radius 2 is 2.20 bits per heavy atom. The maximum absolute atomic E-state index is 12.1. The molecule has 1 aliphatic carbocycles. The van der Waals surface area contributed by atoms with E-state index in [0.29, 0.717) is 17.5 Å². The van der Waals surface area contributed by atoms with E-state index < -0.39 is 15.8 Å². The lowest BCUT2D eigenvalue weighted by Crippen LogP contribution is -2.23. The summed E-state index contributed by atoms with van der Waals surface area (Å²) in [5, 5.41) is 3.42. The largest absolute Gasteiger partial charge is 0.302 e. The van der Waals surface area contributed by atoms with Crippen LogP contribution in [0.4, 0.5) is 5.13 Å². The van der Waals surface area contributed by atoms with Gasteiger partial charge in [-0.05, 0) is 31.6 Å². The topological polar surface area (TPSA) is 76.1 Å². The van der Waals surface area contributed by atoms with Crippen LogP contribution in [0.25, 0.3) is 0 Å². The molecule has 0 spiro atoms. The summed E-state index contributed by atoms with van der Waals surface area (Å²) < 4.78 is 22.8. The van der Waals surface area contributed by atoms with Crippen molar-refractivity contribution in [3.05, 3.63) is 10.6 Å². The van der Waals surface area contributed by atoms with Gasteiger partial charge in [0.15, 0.2) is 15.0 Å². The van der Waals surface area contributed by atoms with Crippen molar-refractivity contribution in [2.45, 2.75) is 32.6 Å². The zero-order chi connectivity index (χ0) is 14.3. The Kier molecular flexibility index (Phi) is 3.58. The Labute approximate surface area is 122 Å². The lowest BCUT2D eigenvalue weighted by molar-refractivity contribution is -0.119. The first kappa shape index (κ1) is 14.0. The standard InChI is InChI=1S/C13H18N2O3S2/c1-8-2-3-10-11(6-8)19-13(14-10)15-12(16)9-4-5-20(17,18)7-9/h8-9H,2-7H2,1H3,(H,14,15,16)/t8-,9-/m0/s1. The first-order chi connectivity index (χ1) is 9.43. The molecule has 1 aromatic rings. The molecule has 0 radical (unpaired) electrons. The Balaban J connectivity index is 1.68. The molecule has 1 fully saturated rings. The third kappa shape index (κ3) is 2.88. The fraction of sp³-hybridized carbons (Fsp3) is 0.692. The van der Waals surface area contributed by atoms with Crippen molar-refractivity contribution < 1.29 is 13.2 Å². The van der Waals surface area contributed by atoms with Gasteiger partial charge in [-0.1, -0.05) is 6.92 Å². The molecule has 1 saturated heterocycles. The normalized spacial score (nSPS) is 28.1. The van der Waals surface area contributed by atoms with Crippen LogP contribution in [0, 0.1) is 11.8 Å². The van der Waals surface area contributed by atoms with Gasteiger partial charge >= 0.3 is 0 Å². The van der Waals surface area contributed by atoms with Crippen LogP contribution in [0.1, 0.15) is 30.3 Å². The van der Waals surface area contributed by atoms with Crippen LogP contribution >= 0.6 is 11.3 Å². The Morgan fingerprint density at radius 1 is 1.40 bits per heavy atom. The number of thiazole rings is 1. The molecule has 1 N–H and O–H groups in total. The molecule has 1 aliphatic heterocycles. The molecule has 1 amide bonds. The van der Waals surface area contributed by atoms with Crippen LogP contribution in [-0.4, -0.2) is 30.8 Å². The van der Waals surface area contributed by atoms with Crippen LogP contribution < -0.4 is 5.32 Å². The molecule has 1 aromatic heterocycles. The van der Waals surface area contributed by atoms with E-state index in [1.54, 1.807) is 0 Å². The highest BCUT2D eigenvalue weighted by Crippen LogP contribution is 2.32. The summed E-state index contributed by atoms with van der Waals surface area (Å²) in [6.07, 6.45) is 3.57. The highest BCUT2D eigenvalue weighted by molar-refractivity contribution is 7.91. The Hall–Kier alpha value is -0.950. The molecule has 0 saturated carbocycles. The van der Waals surface area contributed by atoms with Gasteiger partial charge in [-0.15, -0.1) is 11.3 Å². The van der Waals surface area contributed by atoms with E-state index in [1.165, 1.54) is 16.2 Å². The Bertz CT molecular complexity index is 636. The number of amides is 1. The molecule has 20 heavy (non-hydrogen) atoms. The van der Waals surface area contributed by atoms with Gasteiger partial charge in [0.25, 0.3) is 0 Å². The summed E-state index contributed by atoms with van der Waals surface area (Å²) in [6, 6.07) is 0. The molecule has 110 valence electrons. The second kappa shape index (κ2) is 5.11. The van der Waals surface area contributed by atoms with E-state index in [1.807, 2.05) is 0 Å². The Morgan fingerprint density at radius 3 is 2.90 bits per heavy atom. The maximum atomic E-state index is 12.1. The minimum Gasteiger partial charge on any atom is -0.302 e. The third-order valence-corrected chi connectivity index (χ3v) is 6.82. The minimum absolute atomic E-state index is 0.0268. The van der Waals surface area contributed by atoms with Crippen molar-refractivity contribution >= 4 is 32.2 Å². The summed E-state index contributed by atoms with van der Waals surface area (Å²) in [5.41, 5.74) is 1.10. The van der Waals surface area contributed by atoms with Gasteiger partial charge in [-0.25, -0.2) is 13.4 Å². The minimum atomic E-state index is -3.02. The molecular weight excluding hydrogens is 296 g/mol. The second-order valence-electron chi connectivity index (χ2n) is 5.83. The van der Waals surface area contributed by atoms with Crippen LogP contribution in [0.5, 0.6) is 0 Å². The van der Waals surface area contributed by atoms with E-state index in [2.05, 4.69) is 17.2 Å². The molecule has 2 heterocycles. The summed E-state index contributed by atoms with van der Waals surface area (Å²) in [6.45, 7) is 2.23. The summed E-state index contributed by atoms with van der Waals surface area (Å²) in [7, 11) is -3.02. The highest BCUT2D eigenvalue weighted by Gasteiger charge is 2.33. The van der Waals surface area contributed by atoms with E-state index in [9.17, 15) is 13.2 Å². The summed E-state index contributed by atoms with van der Waals surface area (Å²) in [5.74, 6) is 0.148. The number of hydrogen-bond acceptors (Lipinski definition) is 5. The molecule has 7 heteroatoms. The molecule has 0 bridgehead atoms. The van der Waals surface area contributed by atoms with Gasteiger partial charge in [0.1, 0.15) is 0 Å². The van der Waals surface area contributed by atoms with Crippen molar-refractivity contribution in [3.63, 3.8) is 0 Å². The van der Waals surface area contributed by atoms with E-state index in [-0.39, 0.29) is 17.4 Å². The van der Waals surface area contributed by atoms with Crippen LogP contribution in [-0.2, 0) is 27.5 Å². The van der Waals surface area contributed by atoms with Gasteiger partial charge in [0, 0.05) is 4.88 Å². The number of carbonyl (C=O) groups excluding carboxylic acids is 1. The fourth-order valence-corrected chi connectivity index (χ4v) is 5.72. The number of carbonyl (C=O) groups is 1. The summed E-state index contributed by atoms with van der Waals surface area (Å²) >= 11 is 1.53. The lowest BCUT2D eigenvalue weighted by Gasteiger charge is -2.15. The number of sulfone groups is 1. The van der Waals surface area contributed by atoms with Crippen LogP contribution in [0.2, 0.25) is 0 Å². The highest BCUT2D eigenvalue weighted by atomic mass is 32.2. The first-order valence-electron chi connectivity index (χ1n) is 6.93. The predicted molar refractivity (Wildman–Crippen MR) is 78.7 cm³/mol. The first-order valence-corrected chi connectivity index (χ1v) is 9.56. The lowest BCUT2D eigenvalue weighted by atomic mass is 9.93. The van der Waals surface area contributed by atoms with E-state index in [4.69, 9.17) is 0 Å². The average molecular weight is 314 g/mol. The van der Waals surface area contributed by atoms with E-state index in [0.717, 1.165) is 25.0 Å². The van der Waals surface area contributed by atoms with Crippen molar-refractivity contribution in [2.75, 3.05) is 16.8 Å². The number of anilines is 1. The predicted octanol–water partition coefficient (Wildman–Crippen LogP) is 1.64. The number of aryl methyl sites for hydroxylation is 1. The van der Waals surface area contributed by atoms with Gasteiger partial charge in [-0.2, -0.15) is 0 Å². The van der Waals surface area contributed by atoms with Crippen molar-refractivity contribution in [2.24, 2.45) is 11.8 Å². The molecule has 2 aliphatic rings. The molecule has 0 aromatic carbocycles. The van der Waals surface area contributed by atoms with Gasteiger partial charge in [-0.3, -0.25) is 4.79 Å². The molecule has 5 nitrogen and oxygen atoms in total. The van der Waals surface area contributed by atoms with Crippen LogP contribution in [0.3, 0.4) is 0 Å². The quantitative estimate of drug-likeness (QED) is 0.900. The molecule has 2 atom stereocenters. The maximum Gasteiger partial charge on any atom is 0.230 e. The van der Waals surface area contributed by atoms with Gasteiger partial charge < -0.3 is 5.32 Å². The van der Waals surface area contributed by atoms with Gasteiger partial charge in [0.05, 0.1) is 23.1 Å². The number of hydrogen-bond donors (Lipinski definition) is 1. The number of fused-ring (bicyclic) bond motifs is 1.